The molecule has 0 radical (unpaired) electrons. The van der Waals surface area contributed by atoms with E-state index in [1.165, 1.54) is 18.2 Å². The van der Waals surface area contributed by atoms with E-state index in [-0.39, 0.29) is 28.2 Å². The number of nitrogen functional groups attached to an aromatic ring is 2. The quantitative estimate of drug-likeness (QED) is 0.600. The van der Waals surface area contributed by atoms with E-state index in [1.807, 2.05) is 0 Å². The third-order valence-electron chi connectivity index (χ3n) is 3.67. The number of benzene rings is 2. The van der Waals surface area contributed by atoms with Crippen LogP contribution in [0.4, 0.5) is 29.3 Å². The summed E-state index contributed by atoms with van der Waals surface area (Å²) in [5.41, 5.74) is 8.09. The lowest BCUT2D eigenvalue weighted by Gasteiger charge is -2.16. The Morgan fingerprint density at radius 1 is 1.08 bits per heavy atom. The number of carboxylic acid groups (broad SMARTS) is 1. The minimum absolute atomic E-state index is 0.0715. The van der Waals surface area contributed by atoms with Crippen molar-refractivity contribution < 1.29 is 27.5 Å². The maximum absolute atomic E-state index is 13.8. The molecule has 2 aromatic carbocycles. The lowest BCUT2D eigenvalue weighted by atomic mass is 9.93. The van der Waals surface area contributed by atoms with Crippen molar-refractivity contribution in [1.29, 1.82) is 0 Å². The number of alkyl halides is 3. The third kappa shape index (κ3) is 2.96. The summed E-state index contributed by atoms with van der Waals surface area (Å²) in [7, 11) is 0. The van der Waals surface area contributed by atoms with Crippen molar-refractivity contribution in [2.24, 2.45) is 0 Å². The molecular formula is C16H10F4N4O2. The molecule has 0 aliphatic rings. The van der Waals surface area contributed by atoms with E-state index in [4.69, 9.17) is 16.6 Å². The highest BCUT2D eigenvalue weighted by Gasteiger charge is 2.39. The number of rotatable bonds is 2. The number of nitrogens with two attached hydrogens (primary N) is 2. The molecule has 10 heteroatoms. The van der Waals surface area contributed by atoms with Crippen molar-refractivity contribution in [1.82, 2.24) is 9.97 Å². The zero-order chi connectivity index (χ0) is 19.2. The molecule has 1 heterocycles. The number of fused-ring (bicyclic) bond motifs is 1. The molecule has 0 saturated carbocycles. The maximum atomic E-state index is 13.8. The Labute approximate surface area is 143 Å². The zero-order valence-corrected chi connectivity index (χ0v) is 12.8. The number of hydrogen-bond acceptors (Lipinski definition) is 5. The molecule has 6 nitrogen and oxygen atoms in total. The van der Waals surface area contributed by atoms with Crippen LogP contribution < -0.4 is 11.5 Å². The molecule has 0 aliphatic carbocycles. The minimum atomic E-state index is -5.02. The fourth-order valence-electron chi connectivity index (χ4n) is 2.65. The molecule has 0 saturated heterocycles. The number of aromatic carboxylic acids is 1. The Hall–Kier alpha value is -3.43. The van der Waals surface area contributed by atoms with Crippen LogP contribution in [0.1, 0.15) is 15.9 Å². The molecule has 134 valence electrons. The first-order chi connectivity index (χ1) is 12.1. The van der Waals surface area contributed by atoms with E-state index in [9.17, 15) is 22.4 Å². The summed E-state index contributed by atoms with van der Waals surface area (Å²) in [6.45, 7) is 0. The van der Waals surface area contributed by atoms with Gasteiger partial charge in [0.1, 0.15) is 11.6 Å². The first-order valence-corrected chi connectivity index (χ1v) is 7.05. The Morgan fingerprint density at radius 3 is 2.38 bits per heavy atom. The molecule has 0 amide bonds. The van der Waals surface area contributed by atoms with Crippen molar-refractivity contribution in [3.05, 3.63) is 47.3 Å². The van der Waals surface area contributed by atoms with Gasteiger partial charge in [-0.2, -0.15) is 18.2 Å². The number of nitrogens with zero attached hydrogens (tertiary/aromatic N) is 2. The van der Waals surface area contributed by atoms with Gasteiger partial charge in [-0.05, 0) is 35.4 Å². The number of hydrogen-bond donors (Lipinski definition) is 3. The van der Waals surface area contributed by atoms with Gasteiger partial charge in [0.25, 0.3) is 0 Å². The highest BCUT2D eigenvalue weighted by Crippen LogP contribution is 2.41. The minimum Gasteiger partial charge on any atom is -0.478 e. The summed E-state index contributed by atoms with van der Waals surface area (Å²) >= 11 is 0. The lowest BCUT2D eigenvalue weighted by molar-refractivity contribution is -0.137. The van der Waals surface area contributed by atoms with Gasteiger partial charge in [-0.1, -0.05) is 6.07 Å². The van der Waals surface area contributed by atoms with Gasteiger partial charge in [0, 0.05) is 5.39 Å². The molecule has 3 rings (SSSR count). The summed E-state index contributed by atoms with van der Waals surface area (Å²) in [6.07, 6.45) is -5.02. The summed E-state index contributed by atoms with van der Waals surface area (Å²) in [4.78, 5) is 18.8. The Balaban J connectivity index is 2.36. The lowest BCUT2D eigenvalue weighted by Crippen LogP contribution is -2.15. The molecule has 3 aromatic rings. The summed E-state index contributed by atoms with van der Waals surface area (Å²) < 4.78 is 54.2. The van der Waals surface area contributed by atoms with E-state index in [1.54, 1.807) is 0 Å². The van der Waals surface area contributed by atoms with Crippen LogP contribution in [0.25, 0.3) is 22.0 Å². The van der Waals surface area contributed by atoms with Gasteiger partial charge in [0.05, 0.1) is 16.6 Å². The molecule has 5 N–H and O–H groups in total. The van der Waals surface area contributed by atoms with E-state index < -0.39 is 34.7 Å². The van der Waals surface area contributed by atoms with Gasteiger partial charge in [-0.3, -0.25) is 0 Å². The molecular weight excluding hydrogens is 356 g/mol. The van der Waals surface area contributed by atoms with Crippen molar-refractivity contribution in [3.63, 3.8) is 0 Å². The predicted octanol–water partition coefficient (Wildman–Crippen LogP) is 3.32. The Kier molecular flexibility index (Phi) is 3.90. The molecule has 0 atom stereocenters. The topological polar surface area (TPSA) is 115 Å². The van der Waals surface area contributed by atoms with E-state index in [2.05, 4.69) is 9.97 Å². The van der Waals surface area contributed by atoms with E-state index in [0.29, 0.717) is 12.1 Å². The van der Waals surface area contributed by atoms with Crippen LogP contribution in [0, 0.1) is 5.82 Å². The van der Waals surface area contributed by atoms with Crippen LogP contribution in [-0.2, 0) is 6.18 Å². The normalized spacial score (nSPS) is 11.7. The average molecular weight is 366 g/mol. The first-order valence-electron chi connectivity index (χ1n) is 7.05. The van der Waals surface area contributed by atoms with Crippen LogP contribution in [0.15, 0.2) is 30.3 Å². The first kappa shape index (κ1) is 17.4. The standard InChI is InChI=1S/C16H10F4N4O2/c17-7-4-8(12(16(18,19)20)10(5-7)14(25)26)6-1-2-11-9(3-6)13(21)24-15(22)23-11/h1-5H,(H,25,26)(H4,21,22,23,24). The molecule has 0 bridgehead atoms. The molecule has 26 heavy (non-hydrogen) atoms. The summed E-state index contributed by atoms with van der Waals surface area (Å²) in [5.74, 6) is -3.20. The predicted molar refractivity (Wildman–Crippen MR) is 85.7 cm³/mol. The number of carboxylic acids is 1. The van der Waals surface area contributed by atoms with Crippen molar-refractivity contribution in [2.75, 3.05) is 11.5 Å². The van der Waals surface area contributed by atoms with Crippen LogP contribution in [0.2, 0.25) is 0 Å². The van der Waals surface area contributed by atoms with E-state index in [0.717, 1.165) is 0 Å². The summed E-state index contributed by atoms with van der Waals surface area (Å²) in [5, 5.41) is 9.25. The average Bonchev–Trinajstić information content (AvgIpc) is 2.52. The van der Waals surface area contributed by atoms with Gasteiger partial charge in [0.2, 0.25) is 5.95 Å². The van der Waals surface area contributed by atoms with Gasteiger partial charge >= 0.3 is 12.1 Å². The fraction of sp³-hybridized carbons (Fsp3) is 0.0625. The molecule has 1 aromatic heterocycles. The number of halogens is 4. The van der Waals surface area contributed by atoms with Crippen LogP contribution in [0.5, 0.6) is 0 Å². The monoisotopic (exact) mass is 366 g/mol. The smallest absolute Gasteiger partial charge is 0.417 e. The zero-order valence-electron chi connectivity index (χ0n) is 12.8. The largest absolute Gasteiger partial charge is 0.478 e. The maximum Gasteiger partial charge on any atom is 0.417 e. The van der Waals surface area contributed by atoms with Crippen molar-refractivity contribution in [3.8, 4) is 11.1 Å². The van der Waals surface area contributed by atoms with Gasteiger partial charge in [-0.25, -0.2) is 14.2 Å². The van der Waals surface area contributed by atoms with Crippen molar-refractivity contribution in [2.45, 2.75) is 6.18 Å². The van der Waals surface area contributed by atoms with Crippen LogP contribution in [-0.4, -0.2) is 21.0 Å². The second-order valence-corrected chi connectivity index (χ2v) is 5.38. The van der Waals surface area contributed by atoms with Gasteiger partial charge < -0.3 is 16.6 Å². The second-order valence-electron chi connectivity index (χ2n) is 5.38. The SMILES string of the molecule is Nc1nc(N)c2cc(-c3cc(F)cc(C(=O)O)c3C(F)(F)F)ccc2n1. The molecule has 0 spiro atoms. The number of anilines is 2. The third-order valence-corrected chi connectivity index (χ3v) is 3.67. The number of aromatic nitrogens is 2. The highest BCUT2D eigenvalue weighted by atomic mass is 19.4. The Bertz CT molecular complexity index is 1050. The molecule has 0 unspecified atom stereocenters. The van der Waals surface area contributed by atoms with Gasteiger partial charge in [0.15, 0.2) is 0 Å². The van der Waals surface area contributed by atoms with Crippen molar-refractivity contribution >= 4 is 28.6 Å². The second kappa shape index (κ2) is 5.83. The Morgan fingerprint density at radius 2 is 1.77 bits per heavy atom. The summed E-state index contributed by atoms with van der Waals surface area (Å²) in [6, 6.07) is 4.74. The van der Waals surface area contributed by atoms with Crippen LogP contribution in [0.3, 0.4) is 0 Å². The van der Waals surface area contributed by atoms with Gasteiger partial charge in [-0.15, -0.1) is 0 Å². The number of carbonyl (C=O) groups is 1. The fourth-order valence-corrected chi connectivity index (χ4v) is 2.65. The highest BCUT2D eigenvalue weighted by molar-refractivity contribution is 5.96. The van der Waals surface area contributed by atoms with Crippen LogP contribution >= 0.6 is 0 Å². The molecule has 0 fully saturated rings. The van der Waals surface area contributed by atoms with E-state index >= 15 is 0 Å². The molecule has 0 aliphatic heterocycles.